The van der Waals surface area contributed by atoms with Gasteiger partial charge in [0, 0.05) is 12.5 Å². The minimum absolute atomic E-state index is 0.104. The van der Waals surface area contributed by atoms with Gasteiger partial charge in [0.25, 0.3) is 5.89 Å². The Morgan fingerprint density at radius 2 is 2.14 bits per heavy atom. The molecule has 0 aliphatic heterocycles. The van der Waals surface area contributed by atoms with E-state index in [2.05, 4.69) is 20.2 Å². The Hall–Kier alpha value is -2.22. The normalized spacial score (nSPS) is 12.5. The number of nitrogens with zero attached hydrogens (tertiary/aromatic N) is 2. The Kier molecular flexibility index (Phi) is 5.26. The summed E-state index contributed by atoms with van der Waals surface area (Å²) in [6.45, 7) is -1.02. The molecule has 0 saturated carbocycles. The molecule has 0 spiro atoms. The van der Waals surface area contributed by atoms with Gasteiger partial charge in [0.2, 0.25) is 0 Å². The van der Waals surface area contributed by atoms with Crippen molar-refractivity contribution in [1.82, 2.24) is 15.5 Å². The standard InChI is InChI=1S/C14H17F2N3O3/c1-8(17-2)7-11-18-13(22-19-11)9-5-4-6-10(20-3)12(9)21-14(15)16/h4-6,8,14,17H,7H2,1-3H3. The number of alkyl halides is 2. The van der Waals surface area contributed by atoms with E-state index in [-0.39, 0.29) is 29.0 Å². The van der Waals surface area contributed by atoms with Crippen LogP contribution in [0.4, 0.5) is 8.78 Å². The van der Waals surface area contributed by atoms with Crippen LogP contribution in [-0.4, -0.2) is 37.0 Å². The summed E-state index contributed by atoms with van der Waals surface area (Å²) in [5, 5.41) is 6.90. The van der Waals surface area contributed by atoms with E-state index < -0.39 is 6.61 Å². The Labute approximate surface area is 126 Å². The minimum Gasteiger partial charge on any atom is -0.493 e. The quantitative estimate of drug-likeness (QED) is 0.847. The Morgan fingerprint density at radius 3 is 2.77 bits per heavy atom. The molecule has 1 N–H and O–H groups in total. The molecule has 0 fully saturated rings. The zero-order valence-electron chi connectivity index (χ0n) is 12.5. The molecule has 1 aromatic heterocycles. The first kappa shape index (κ1) is 16.2. The van der Waals surface area contributed by atoms with Crippen LogP contribution in [0.1, 0.15) is 12.7 Å². The van der Waals surface area contributed by atoms with Crippen LogP contribution in [-0.2, 0) is 6.42 Å². The van der Waals surface area contributed by atoms with Gasteiger partial charge in [-0.2, -0.15) is 13.8 Å². The van der Waals surface area contributed by atoms with Crippen LogP contribution in [0.3, 0.4) is 0 Å². The second-order valence-corrected chi connectivity index (χ2v) is 4.63. The van der Waals surface area contributed by atoms with Crippen molar-refractivity contribution in [3.63, 3.8) is 0 Å². The number of nitrogens with one attached hydrogen (secondary N) is 1. The summed E-state index contributed by atoms with van der Waals surface area (Å²) in [4.78, 5) is 4.21. The van der Waals surface area contributed by atoms with E-state index in [0.29, 0.717) is 12.2 Å². The fraction of sp³-hybridized carbons (Fsp3) is 0.429. The van der Waals surface area contributed by atoms with Crippen molar-refractivity contribution in [3.05, 3.63) is 24.0 Å². The lowest BCUT2D eigenvalue weighted by atomic mass is 10.2. The van der Waals surface area contributed by atoms with Gasteiger partial charge in [0.15, 0.2) is 17.3 Å². The summed E-state index contributed by atoms with van der Waals surface area (Å²) in [6.07, 6.45) is 0.551. The maximum Gasteiger partial charge on any atom is 0.387 e. The molecule has 22 heavy (non-hydrogen) atoms. The SMILES string of the molecule is CNC(C)Cc1noc(-c2cccc(OC)c2OC(F)F)n1. The highest BCUT2D eigenvalue weighted by molar-refractivity contribution is 5.67. The van der Waals surface area contributed by atoms with Crippen molar-refractivity contribution in [2.24, 2.45) is 0 Å². The van der Waals surface area contributed by atoms with Crippen LogP contribution >= 0.6 is 0 Å². The Balaban J connectivity index is 2.35. The molecule has 0 amide bonds. The van der Waals surface area contributed by atoms with Gasteiger partial charge in [0.05, 0.1) is 12.7 Å². The molecule has 120 valence electrons. The first-order chi connectivity index (χ1) is 10.5. The van der Waals surface area contributed by atoms with E-state index in [1.807, 2.05) is 14.0 Å². The van der Waals surface area contributed by atoms with E-state index in [4.69, 9.17) is 9.26 Å². The van der Waals surface area contributed by atoms with Gasteiger partial charge < -0.3 is 19.3 Å². The number of likely N-dealkylation sites (N-methyl/N-ethyl adjacent to an activating group) is 1. The summed E-state index contributed by atoms with van der Waals surface area (Å²) < 4.78 is 39.9. The molecule has 0 aliphatic rings. The maximum absolute atomic E-state index is 12.6. The molecule has 1 atom stereocenters. The van der Waals surface area contributed by atoms with E-state index in [1.165, 1.54) is 13.2 Å². The number of halogens is 2. The van der Waals surface area contributed by atoms with Crippen molar-refractivity contribution >= 4 is 0 Å². The molecule has 6 nitrogen and oxygen atoms in total. The molecule has 0 bridgehead atoms. The Morgan fingerprint density at radius 1 is 1.36 bits per heavy atom. The summed E-state index contributed by atoms with van der Waals surface area (Å²) >= 11 is 0. The van der Waals surface area contributed by atoms with Gasteiger partial charge in [-0.1, -0.05) is 11.2 Å². The minimum atomic E-state index is -2.98. The first-order valence-electron chi connectivity index (χ1n) is 6.67. The Bertz CT molecular complexity index is 619. The van der Waals surface area contributed by atoms with Crippen molar-refractivity contribution in [2.75, 3.05) is 14.2 Å². The molecule has 8 heteroatoms. The van der Waals surface area contributed by atoms with E-state index in [0.717, 1.165) is 0 Å². The largest absolute Gasteiger partial charge is 0.493 e. The predicted molar refractivity (Wildman–Crippen MR) is 75.1 cm³/mol. The van der Waals surface area contributed by atoms with E-state index >= 15 is 0 Å². The molecule has 0 aliphatic carbocycles. The number of hydrogen-bond donors (Lipinski definition) is 1. The monoisotopic (exact) mass is 313 g/mol. The molecule has 1 unspecified atom stereocenters. The van der Waals surface area contributed by atoms with Crippen molar-refractivity contribution in [2.45, 2.75) is 26.0 Å². The zero-order valence-corrected chi connectivity index (χ0v) is 12.5. The fourth-order valence-corrected chi connectivity index (χ4v) is 1.88. The van der Waals surface area contributed by atoms with Gasteiger partial charge in [-0.15, -0.1) is 0 Å². The molecular formula is C14H17F2N3O3. The van der Waals surface area contributed by atoms with Gasteiger partial charge in [-0.05, 0) is 26.1 Å². The summed E-state index contributed by atoms with van der Waals surface area (Å²) in [6, 6.07) is 4.86. The van der Waals surface area contributed by atoms with Crippen LogP contribution in [0.25, 0.3) is 11.5 Å². The van der Waals surface area contributed by atoms with Crippen LogP contribution in [0, 0.1) is 0 Å². The molecule has 1 heterocycles. The number of ether oxygens (including phenoxy) is 2. The molecule has 0 saturated heterocycles. The van der Waals surface area contributed by atoms with Gasteiger partial charge in [0.1, 0.15) is 0 Å². The third-order valence-corrected chi connectivity index (χ3v) is 3.09. The highest BCUT2D eigenvalue weighted by atomic mass is 19.3. The molecule has 0 radical (unpaired) electrons. The number of para-hydroxylation sites is 1. The van der Waals surface area contributed by atoms with Gasteiger partial charge >= 0.3 is 6.61 Å². The molecular weight excluding hydrogens is 296 g/mol. The molecule has 2 rings (SSSR count). The number of hydrogen-bond acceptors (Lipinski definition) is 6. The van der Waals surface area contributed by atoms with E-state index in [1.54, 1.807) is 12.1 Å². The van der Waals surface area contributed by atoms with Crippen LogP contribution in [0.5, 0.6) is 11.5 Å². The second kappa shape index (κ2) is 7.17. The highest BCUT2D eigenvalue weighted by Crippen LogP contribution is 2.38. The topological polar surface area (TPSA) is 69.4 Å². The lowest BCUT2D eigenvalue weighted by Crippen LogP contribution is -2.24. The van der Waals surface area contributed by atoms with Crippen molar-refractivity contribution in [1.29, 1.82) is 0 Å². The van der Waals surface area contributed by atoms with E-state index in [9.17, 15) is 8.78 Å². The highest BCUT2D eigenvalue weighted by Gasteiger charge is 2.21. The van der Waals surface area contributed by atoms with Gasteiger partial charge in [-0.3, -0.25) is 0 Å². The van der Waals surface area contributed by atoms with Crippen LogP contribution in [0.2, 0.25) is 0 Å². The summed E-state index contributed by atoms with van der Waals surface area (Å²) in [5.41, 5.74) is 0.260. The average molecular weight is 313 g/mol. The zero-order chi connectivity index (χ0) is 16.1. The smallest absolute Gasteiger partial charge is 0.387 e. The number of rotatable bonds is 7. The first-order valence-corrected chi connectivity index (χ1v) is 6.67. The number of methoxy groups -OCH3 is 1. The summed E-state index contributed by atoms with van der Waals surface area (Å²) in [5.74, 6) is 0.619. The number of benzene rings is 1. The maximum atomic E-state index is 12.6. The molecule has 1 aromatic carbocycles. The fourth-order valence-electron chi connectivity index (χ4n) is 1.88. The lowest BCUT2D eigenvalue weighted by Gasteiger charge is -2.12. The summed E-state index contributed by atoms with van der Waals surface area (Å²) in [7, 11) is 3.19. The lowest BCUT2D eigenvalue weighted by molar-refractivity contribution is -0.0508. The van der Waals surface area contributed by atoms with Crippen LogP contribution in [0.15, 0.2) is 22.7 Å². The van der Waals surface area contributed by atoms with Gasteiger partial charge in [-0.25, -0.2) is 0 Å². The third-order valence-electron chi connectivity index (χ3n) is 3.09. The van der Waals surface area contributed by atoms with Crippen LogP contribution < -0.4 is 14.8 Å². The van der Waals surface area contributed by atoms with Crippen molar-refractivity contribution in [3.8, 4) is 23.0 Å². The number of aromatic nitrogens is 2. The predicted octanol–water partition coefficient (Wildman–Crippen LogP) is 2.50. The molecule has 2 aromatic rings. The second-order valence-electron chi connectivity index (χ2n) is 4.63. The average Bonchev–Trinajstić information content (AvgIpc) is 2.95. The van der Waals surface area contributed by atoms with Crippen molar-refractivity contribution < 1.29 is 22.8 Å². The third kappa shape index (κ3) is 3.70.